The fraction of sp³-hybridized carbons (Fsp3) is 0.467. The molecule has 7 rings (SSSR count). The van der Waals surface area contributed by atoms with Crippen molar-refractivity contribution in [2.24, 2.45) is 17.8 Å². The highest BCUT2D eigenvalue weighted by molar-refractivity contribution is 6.27. The third kappa shape index (κ3) is 7.37. The van der Waals surface area contributed by atoms with Crippen molar-refractivity contribution in [1.82, 2.24) is 15.0 Å². The lowest BCUT2D eigenvalue weighted by Gasteiger charge is -2.52. The van der Waals surface area contributed by atoms with Gasteiger partial charge in [0, 0.05) is 39.2 Å². The monoisotopic (exact) mass is 807 g/mol. The fourth-order valence-electron chi connectivity index (χ4n) is 8.95. The molecule has 14 heteroatoms. The SMILES string of the molecule is CCCN(C(=O)OC(C)(C)C)c1nc(N(C)C)c2c(c1OCc1ccccc1)C(=O)C1C(=O)C3(OC)C(=O)c4c(OCc5ccccc5)noc4C(N(C)C)C3CC1C2. The minimum atomic E-state index is -2.07. The van der Waals surface area contributed by atoms with Crippen LogP contribution in [0.5, 0.6) is 11.6 Å². The summed E-state index contributed by atoms with van der Waals surface area (Å²) in [7, 11) is 8.66. The summed E-state index contributed by atoms with van der Waals surface area (Å²) < 4.78 is 30.6. The molecule has 0 aliphatic heterocycles. The molecule has 0 radical (unpaired) electrons. The summed E-state index contributed by atoms with van der Waals surface area (Å²) in [5.74, 6) is -3.54. The van der Waals surface area contributed by atoms with E-state index in [0.717, 1.165) is 11.1 Å². The lowest BCUT2D eigenvalue weighted by molar-refractivity contribution is -0.159. The van der Waals surface area contributed by atoms with Crippen molar-refractivity contribution in [2.45, 2.75) is 77.4 Å². The van der Waals surface area contributed by atoms with Crippen LogP contribution in [0.25, 0.3) is 0 Å². The van der Waals surface area contributed by atoms with Gasteiger partial charge in [0.05, 0.1) is 17.5 Å². The predicted molar refractivity (Wildman–Crippen MR) is 219 cm³/mol. The Labute approximate surface area is 344 Å². The van der Waals surface area contributed by atoms with Gasteiger partial charge in [-0.1, -0.05) is 67.6 Å². The Morgan fingerprint density at radius 2 is 1.53 bits per heavy atom. The summed E-state index contributed by atoms with van der Waals surface area (Å²) in [5.41, 5.74) is -0.480. The van der Waals surface area contributed by atoms with Crippen LogP contribution in [0.3, 0.4) is 0 Å². The zero-order chi connectivity index (χ0) is 42.4. The highest BCUT2D eigenvalue weighted by Crippen LogP contribution is 2.57. The van der Waals surface area contributed by atoms with E-state index in [-0.39, 0.29) is 66.9 Å². The van der Waals surface area contributed by atoms with E-state index in [9.17, 15) is 4.79 Å². The molecule has 3 aliphatic rings. The summed E-state index contributed by atoms with van der Waals surface area (Å²) >= 11 is 0. The molecular formula is C45H53N5O9. The highest BCUT2D eigenvalue weighted by atomic mass is 16.6. The van der Waals surface area contributed by atoms with Crippen molar-refractivity contribution in [3.63, 3.8) is 0 Å². The van der Waals surface area contributed by atoms with Crippen molar-refractivity contribution in [3.05, 3.63) is 94.2 Å². The van der Waals surface area contributed by atoms with E-state index < -0.39 is 58.4 Å². The van der Waals surface area contributed by atoms with Gasteiger partial charge >= 0.3 is 6.09 Å². The number of amides is 1. The number of ketones is 3. The van der Waals surface area contributed by atoms with Crippen LogP contribution < -0.4 is 19.3 Å². The van der Waals surface area contributed by atoms with Crippen LogP contribution in [0, 0.1) is 17.8 Å². The van der Waals surface area contributed by atoms with Gasteiger partial charge in [0.1, 0.15) is 30.2 Å². The Kier molecular flexibility index (Phi) is 11.4. The maximum absolute atomic E-state index is 15.5. The number of pyridine rings is 1. The number of Topliss-reactive ketones (excluding diaryl/α,β-unsaturated/α-hetero) is 3. The largest absolute Gasteiger partial charge is 0.484 e. The topological polar surface area (TPSA) is 154 Å². The fourth-order valence-corrected chi connectivity index (χ4v) is 8.95. The molecule has 1 saturated carbocycles. The summed E-state index contributed by atoms with van der Waals surface area (Å²) in [5, 5.41) is 4.20. The Morgan fingerprint density at radius 3 is 2.08 bits per heavy atom. The number of fused-ring (bicyclic) bond motifs is 4. The van der Waals surface area contributed by atoms with E-state index in [4.69, 9.17) is 28.5 Å². The Morgan fingerprint density at radius 1 is 0.898 bits per heavy atom. The van der Waals surface area contributed by atoms with Crippen LogP contribution in [-0.2, 0) is 33.9 Å². The van der Waals surface area contributed by atoms with Crippen LogP contribution in [0.15, 0.2) is 65.2 Å². The number of carbonyl (C=O) groups excluding carboxylic acids is 4. The van der Waals surface area contributed by atoms with E-state index in [2.05, 4.69) is 5.16 Å². The number of benzene rings is 2. The number of carbonyl (C=O) groups is 4. The van der Waals surface area contributed by atoms with E-state index >= 15 is 14.4 Å². The number of hydrogen-bond acceptors (Lipinski definition) is 13. The molecule has 59 heavy (non-hydrogen) atoms. The molecule has 0 N–H and O–H groups in total. The zero-order valence-corrected chi connectivity index (χ0v) is 35.2. The van der Waals surface area contributed by atoms with E-state index in [1.54, 1.807) is 25.7 Å². The Bertz CT molecular complexity index is 2230. The summed E-state index contributed by atoms with van der Waals surface area (Å²) in [6, 6.07) is 18.2. The number of aromatic nitrogens is 2. The van der Waals surface area contributed by atoms with Gasteiger partial charge in [-0.15, -0.1) is 0 Å². The van der Waals surface area contributed by atoms with E-state index in [0.29, 0.717) is 17.8 Å². The first-order valence-electron chi connectivity index (χ1n) is 20.0. The van der Waals surface area contributed by atoms with Crippen molar-refractivity contribution in [2.75, 3.05) is 51.6 Å². The number of hydrogen-bond donors (Lipinski definition) is 0. The van der Waals surface area contributed by atoms with Gasteiger partial charge in [-0.2, -0.15) is 0 Å². The molecule has 5 unspecified atom stereocenters. The van der Waals surface area contributed by atoms with Gasteiger partial charge in [-0.3, -0.25) is 24.2 Å². The third-order valence-corrected chi connectivity index (χ3v) is 11.4. The molecule has 4 aromatic rings. The first-order valence-corrected chi connectivity index (χ1v) is 20.0. The minimum Gasteiger partial charge on any atom is -0.484 e. The van der Waals surface area contributed by atoms with Crippen molar-refractivity contribution in [3.8, 4) is 11.6 Å². The molecule has 312 valence electrons. The molecule has 1 fully saturated rings. The van der Waals surface area contributed by atoms with E-state index in [1.165, 1.54) is 12.0 Å². The lowest BCUT2D eigenvalue weighted by Crippen LogP contribution is -2.67. The Hall–Kier alpha value is -5.60. The van der Waals surface area contributed by atoms with Crippen LogP contribution in [0.1, 0.15) is 89.7 Å². The molecular weight excluding hydrogens is 755 g/mol. The molecule has 0 bridgehead atoms. The van der Waals surface area contributed by atoms with Crippen LogP contribution in [0.4, 0.5) is 16.4 Å². The van der Waals surface area contributed by atoms with Gasteiger partial charge in [-0.25, -0.2) is 9.78 Å². The summed E-state index contributed by atoms with van der Waals surface area (Å²) in [4.78, 5) is 70.0. The van der Waals surface area contributed by atoms with Gasteiger partial charge in [0.15, 0.2) is 34.5 Å². The second kappa shape index (κ2) is 16.2. The molecule has 1 amide bonds. The van der Waals surface area contributed by atoms with Gasteiger partial charge in [0.2, 0.25) is 5.78 Å². The Balaban J connectivity index is 1.37. The average molecular weight is 808 g/mol. The third-order valence-electron chi connectivity index (χ3n) is 11.4. The highest BCUT2D eigenvalue weighted by Gasteiger charge is 2.68. The molecule has 5 atom stereocenters. The molecule has 2 aromatic carbocycles. The van der Waals surface area contributed by atoms with Crippen molar-refractivity contribution < 1.29 is 42.6 Å². The number of ether oxygens (including phenoxy) is 4. The first-order chi connectivity index (χ1) is 28.1. The maximum atomic E-state index is 15.5. The second-order valence-electron chi connectivity index (χ2n) is 16.9. The summed E-state index contributed by atoms with van der Waals surface area (Å²) in [6.07, 6.45) is 0.409. The van der Waals surface area contributed by atoms with Crippen LogP contribution >= 0.6 is 0 Å². The smallest absolute Gasteiger partial charge is 0.416 e. The predicted octanol–water partition coefficient (Wildman–Crippen LogP) is 6.89. The number of rotatable bonds is 12. The number of anilines is 2. The molecule has 0 saturated heterocycles. The van der Waals surface area contributed by atoms with Gasteiger partial charge in [0.25, 0.3) is 5.88 Å². The molecule has 14 nitrogen and oxygen atoms in total. The maximum Gasteiger partial charge on any atom is 0.416 e. The van der Waals surface area contributed by atoms with E-state index in [1.807, 2.05) is 101 Å². The molecule has 3 aliphatic carbocycles. The normalized spacial score (nSPS) is 22.2. The molecule has 2 aromatic heterocycles. The van der Waals surface area contributed by atoms with Gasteiger partial charge < -0.3 is 28.4 Å². The van der Waals surface area contributed by atoms with Crippen LogP contribution in [0.2, 0.25) is 0 Å². The zero-order valence-electron chi connectivity index (χ0n) is 35.2. The molecule has 0 spiro atoms. The summed E-state index contributed by atoms with van der Waals surface area (Å²) in [6.45, 7) is 7.61. The van der Waals surface area contributed by atoms with Gasteiger partial charge in [-0.05, 0) is 76.3 Å². The second-order valence-corrected chi connectivity index (χ2v) is 16.9. The van der Waals surface area contributed by atoms with Crippen LogP contribution in [-0.4, -0.2) is 91.5 Å². The first kappa shape index (κ1) is 41.6. The minimum absolute atomic E-state index is 0.0222. The van der Waals surface area contributed by atoms with Crippen molar-refractivity contribution in [1.29, 1.82) is 0 Å². The number of nitrogens with zero attached hydrogens (tertiary/aromatic N) is 5. The standard InChI is InChI=1S/C45H53N5O9/c1-10-21-50(43(54)58-44(2,3)4)41-37(56-24-26-17-13-11-14-18-26)32-29(40(46-41)49(7)8)22-28-23-30-34(48(5)6)36-33(39(53)45(30,55-9)38(52)31(28)35(32)51)42(47-59-36)57-25-27-19-15-12-16-20-27/h11-20,28,30-31,34H,10,21-25H2,1-9H3. The molecule has 2 heterocycles. The lowest BCUT2D eigenvalue weighted by atomic mass is 9.54. The quantitative estimate of drug-likeness (QED) is 0.137. The average Bonchev–Trinajstić information content (AvgIpc) is 3.61. The van der Waals surface area contributed by atoms with Crippen molar-refractivity contribution >= 4 is 35.1 Å². The number of methoxy groups -OCH3 is 1.